The van der Waals surface area contributed by atoms with E-state index >= 15 is 0 Å². The fraction of sp³-hybridized carbons (Fsp3) is 0.600. The van der Waals surface area contributed by atoms with Crippen molar-refractivity contribution in [3.8, 4) is 11.4 Å². The minimum atomic E-state index is 0.611. The molecule has 0 atom stereocenters. The molecule has 0 spiro atoms. The predicted octanol–water partition coefficient (Wildman–Crippen LogP) is 3.03. The number of nitrogens with zero attached hydrogens (tertiary/aromatic N) is 4. The van der Waals surface area contributed by atoms with Gasteiger partial charge in [0.1, 0.15) is 17.3 Å². The van der Waals surface area contributed by atoms with Gasteiger partial charge in [-0.15, -0.1) is 0 Å². The van der Waals surface area contributed by atoms with Crippen LogP contribution < -0.4 is 5.73 Å². The lowest BCUT2D eigenvalue weighted by Gasteiger charge is -2.08. The predicted molar refractivity (Wildman–Crippen MR) is 80.4 cm³/mol. The molecule has 2 aromatic rings. The molecule has 3 rings (SSSR count). The molecule has 5 heteroatoms. The van der Waals surface area contributed by atoms with E-state index in [1.807, 2.05) is 12.5 Å². The van der Waals surface area contributed by atoms with Crippen LogP contribution in [-0.2, 0) is 13.1 Å². The third-order valence-corrected chi connectivity index (χ3v) is 3.85. The zero-order valence-corrected chi connectivity index (χ0v) is 12.3. The number of hydrogen-bond acceptors (Lipinski definition) is 3. The molecule has 2 heterocycles. The molecule has 1 fully saturated rings. The van der Waals surface area contributed by atoms with E-state index in [1.165, 1.54) is 18.7 Å². The maximum atomic E-state index is 6.37. The van der Waals surface area contributed by atoms with Crippen molar-refractivity contribution in [2.75, 3.05) is 5.73 Å². The highest BCUT2D eigenvalue weighted by Crippen LogP contribution is 2.42. The summed E-state index contributed by atoms with van der Waals surface area (Å²) >= 11 is 0. The summed E-state index contributed by atoms with van der Waals surface area (Å²) in [4.78, 5) is 9.11. The van der Waals surface area contributed by atoms with E-state index in [2.05, 4.69) is 28.0 Å². The van der Waals surface area contributed by atoms with Crippen molar-refractivity contribution >= 4 is 5.82 Å². The van der Waals surface area contributed by atoms with Gasteiger partial charge in [0.15, 0.2) is 0 Å². The zero-order valence-electron chi connectivity index (χ0n) is 12.3. The molecule has 0 amide bonds. The highest BCUT2D eigenvalue weighted by Gasteiger charge is 2.31. The van der Waals surface area contributed by atoms with Crippen LogP contribution in [0.5, 0.6) is 0 Å². The van der Waals surface area contributed by atoms with Gasteiger partial charge in [0.25, 0.3) is 0 Å². The Morgan fingerprint density at radius 1 is 1.25 bits per heavy atom. The average molecular weight is 273 g/mol. The van der Waals surface area contributed by atoms with E-state index in [1.54, 1.807) is 0 Å². The van der Waals surface area contributed by atoms with Crippen molar-refractivity contribution in [3.05, 3.63) is 18.3 Å². The van der Waals surface area contributed by atoms with E-state index in [-0.39, 0.29) is 0 Å². The van der Waals surface area contributed by atoms with Crippen molar-refractivity contribution in [1.82, 2.24) is 19.1 Å². The number of rotatable bonds is 6. The Labute approximate surface area is 119 Å². The number of hydrogen-bond donors (Lipinski definition) is 1. The molecule has 108 valence electrons. The second kappa shape index (κ2) is 5.31. The molecule has 2 aromatic heterocycles. The lowest BCUT2D eigenvalue weighted by Crippen LogP contribution is -2.06. The number of aromatic nitrogens is 4. The van der Waals surface area contributed by atoms with Crippen LogP contribution >= 0.6 is 0 Å². The lowest BCUT2D eigenvalue weighted by atomic mass is 10.3. The first kappa shape index (κ1) is 13.2. The molecule has 5 nitrogen and oxygen atoms in total. The maximum absolute atomic E-state index is 6.37. The third-order valence-electron chi connectivity index (χ3n) is 3.85. The molecular weight excluding hydrogens is 250 g/mol. The second-order valence-corrected chi connectivity index (χ2v) is 5.60. The highest BCUT2D eigenvalue weighted by molar-refractivity contribution is 5.68. The number of anilines is 1. The Bertz CT molecular complexity index is 591. The molecule has 20 heavy (non-hydrogen) atoms. The summed E-state index contributed by atoms with van der Waals surface area (Å²) in [6.07, 6.45) is 8.39. The highest BCUT2D eigenvalue weighted by atomic mass is 15.2. The molecular formula is C15H23N5. The Morgan fingerprint density at radius 2 is 2.00 bits per heavy atom. The van der Waals surface area contributed by atoms with Crippen molar-refractivity contribution in [2.24, 2.45) is 0 Å². The topological polar surface area (TPSA) is 61.7 Å². The lowest BCUT2D eigenvalue weighted by molar-refractivity contribution is 0.646. The molecule has 0 saturated heterocycles. The largest absolute Gasteiger partial charge is 0.383 e. The molecule has 0 radical (unpaired) electrons. The first-order valence-electron chi connectivity index (χ1n) is 7.62. The van der Waals surface area contributed by atoms with E-state index in [4.69, 9.17) is 10.7 Å². The standard InChI is InChI=1S/C15H23N5/c1-3-7-19-10-17-9-12(19)13-14(16)20(8-4-2)15(18-13)11-5-6-11/h9-11H,3-8,16H2,1-2H3. The summed E-state index contributed by atoms with van der Waals surface area (Å²) in [5.41, 5.74) is 8.32. The van der Waals surface area contributed by atoms with Crippen LogP contribution in [0.4, 0.5) is 5.82 Å². The third kappa shape index (κ3) is 2.21. The van der Waals surface area contributed by atoms with Crippen LogP contribution in [0.1, 0.15) is 51.3 Å². The molecule has 2 N–H and O–H groups in total. The molecule has 0 bridgehead atoms. The molecule has 1 aliphatic rings. The summed E-state index contributed by atoms with van der Waals surface area (Å²) in [5.74, 6) is 2.58. The van der Waals surface area contributed by atoms with Crippen molar-refractivity contribution < 1.29 is 0 Å². The minimum absolute atomic E-state index is 0.611. The SMILES string of the molecule is CCCn1cncc1-c1nc(C2CC2)n(CCC)c1N. The summed E-state index contributed by atoms with van der Waals surface area (Å²) in [5, 5.41) is 0. The van der Waals surface area contributed by atoms with Crippen LogP contribution in [0.3, 0.4) is 0 Å². The van der Waals surface area contributed by atoms with Gasteiger partial charge in [0.05, 0.1) is 18.2 Å². The van der Waals surface area contributed by atoms with Gasteiger partial charge in [0.2, 0.25) is 0 Å². The number of aryl methyl sites for hydroxylation is 1. The summed E-state index contributed by atoms with van der Waals surface area (Å²) in [7, 11) is 0. The number of nitrogen functional groups attached to an aromatic ring is 1. The van der Waals surface area contributed by atoms with Crippen molar-refractivity contribution in [2.45, 2.75) is 58.5 Å². The average Bonchev–Trinajstić information content (AvgIpc) is 3.10. The Balaban J connectivity index is 2.04. The Hall–Kier alpha value is -1.78. The monoisotopic (exact) mass is 273 g/mol. The summed E-state index contributed by atoms with van der Waals surface area (Å²) < 4.78 is 4.35. The van der Waals surface area contributed by atoms with Gasteiger partial charge in [0, 0.05) is 19.0 Å². The number of nitrogens with two attached hydrogens (primary N) is 1. The van der Waals surface area contributed by atoms with Gasteiger partial charge in [-0.3, -0.25) is 0 Å². The van der Waals surface area contributed by atoms with Crippen molar-refractivity contribution in [1.29, 1.82) is 0 Å². The Morgan fingerprint density at radius 3 is 2.65 bits per heavy atom. The first-order valence-corrected chi connectivity index (χ1v) is 7.62. The van der Waals surface area contributed by atoms with E-state index in [0.717, 1.165) is 43.1 Å². The minimum Gasteiger partial charge on any atom is -0.383 e. The summed E-state index contributed by atoms with van der Waals surface area (Å²) in [6, 6.07) is 0. The Kier molecular flexibility index (Phi) is 3.51. The van der Waals surface area contributed by atoms with Crippen LogP contribution in [0, 0.1) is 0 Å². The molecule has 0 aromatic carbocycles. The molecule has 1 saturated carbocycles. The number of imidazole rings is 2. The van der Waals surface area contributed by atoms with Gasteiger partial charge in [-0.1, -0.05) is 13.8 Å². The quantitative estimate of drug-likeness (QED) is 0.880. The second-order valence-electron chi connectivity index (χ2n) is 5.60. The fourth-order valence-corrected chi connectivity index (χ4v) is 2.72. The van der Waals surface area contributed by atoms with E-state index in [0.29, 0.717) is 5.92 Å². The smallest absolute Gasteiger partial charge is 0.133 e. The molecule has 0 aliphatic heterocycles. The van der Waals surface area contributed by atoms with Gasteiger partial charge in [-0.05, 0) is 25.7 Å². The van der Waals surface area contributed by atoms with E-state index < -0.39 is 0 Å². The first-order chi connectivity index (χ1) is 9.76. The van der Waals surface area contributed by atoms with E-state index in [9.17, 15) is 0 Å². The van der Waals surface area contributed by atoms with Crippen LogP contribution in [0.25, 0.3) is 11.4 Å². The molecule has 1 aliphatic carbocycles. The van der Waals surface area contributed by atoms with Crippen LogP contribution in [-0.4, -0.2) is 19.1 Å². The van der Waals surface area contributed by atoms with Crippen LogP contribution in [0.2, 0.25) is 0 Å². The van der Waals surface area contributed by atoms with Crippen molar-refractivity contribution in [3.63, 3.8) is 0 Å². The maximum Gasteiger partial charge on any atom is 0.133 e. The van der Waals surface area contributed by atoms with Gasteiger partial charge >= 0.3 is 0 Å². The van der Waals surface area contributed by atoms with Gasteiger partial charge in [-0.25, -0.2) is 9.97 Å². The summed E-state index contributed by atoms with van der Waals surface area (Å²) in [6.45, 7) is 6.25. The van der Waals surface area contributed by atoms with Crippen LogP contribution in [0.15, 0.2) is 12.5 Å². The molecule has 0 unspecified atom stereocenters. The fourth-order valence-electron chi connectivity index (χ4n) is 2.72. The normalized spacial score (nSPS) is 14.9. The zero-order chi connectivity index (χ0) is 14.1. The van der Waals surface area contributed by atoms with Gasteiger partial charge in [-0.2, -0.15) is 0 Å². The van der Waals surface area contributed by atoms with Gasteiger partial charge < -0.3 is 14.9 Å².